The molecule has 0 spiro atoms. The molecule has 0 aliphatic carbocycles. The lowest BCUT2D eigenvalue weighted by atomic mass is 10.0. The van der Waals surface area contributed by atoms with Crippen molar-refractivity contribution in [1.82, 2.24) is 30.3 Å². The standard InChI is InChI=1S/C23H37N7S.HI/c1-18(20-9-6-5-7-10-20)30-14-11-21(12-15-30)26-23(24-13-8-16-31-4)25-17-22-28-27-19(2)29(22)3;/h5-7,9-10,18,21H,8,11-17H2,1-4H3,(H2,24,25,26);1H. The third kappa shape index (κ3) is 7.91. The van der Waals surface area contributed by atoms with Crippen LogP contribution in [-0.4, -0.2) is 63.3 Å². The fraction of sp³-hybridized carbons (Fsp3) is 0.609. The molecule has 1 aliphatic heterocycles. The summed E-state index contributed by atoms with van der Waals surface area (Å²) in [5.74, 6) is 3.83. The van der Waals surface area contributed by atoms with Crippen LogP contribution < -0.4 is 10.6 Å². The van der Waals surface area contributed by atoms with Gasteiger partial charge in [0, 0.05) is 38.8 Å². The minimum Gasteiger partial charge on any atom is -0.356 e. The summed E-state index contributed by atoms with van der Waals surface area (Å²) in [6.45, 7) is 7.91. The molecule has 1 unspecified atom stereocenters. The van der Waals surface area contributed by atoms with E-state index < -0.39 is 0 Å². The van der Waals surface area contributed by atoms with Gasteiger partial charge in [0.05, 0.1) is 0 Å². The van der Waals surface area contributed by atoms with Crippen LogP contribution >= 0.6 is 35.7 Å². The Hall–Kier alpha value is -1.33. The van der Waals surface area contributed by atoms with Crippen LogP contribution in [0, 0.1) is 6.92 Å². The molecule has 32 heavy (non-hydrogen) atoms. The molecule has 0 amide bonds. The van der Waals surface area contributed by atoms with E-state index in [9.17, 15) is 0 Å². The number of hydrogen-bond donors (Lipinski definition) is 2. The lowest BCUT2D eigenvalue weighted by molar-refractivity contribution is 0.158. The van der Waals surface area contributed by atoms with Crippen molar-refractivity contribution >= 4 is 41.7 Å². The first-order chi connectivity index (χ1) is 15.1. The summed E-state index contributed by atoms with van der Waals surface area (Å²) in [5, 5.41) is 15.6. The lowest BCUT2D eigenvalue weighted by Crippen LogP contribution is -2.49. The normalized spacial score (nSPS) is 16.4. The molecule has 9 heteroatoms. The van der Waals surface area contributed by atoms with E-state index in [2.05, 4.69) is 69.2 Å². The Bertz CT molecular complexity index is 819. The molecule has 1 saturated heterocycles. The number of piperidine rings is 1. The summed E-state index contributed by atoms with van der Waals surface area (Å²) < 4.78 is 2.00. The zero-order valence-electron chi connectivity index (χ0n) is 19.8. The van der Waals surface area contributed by atoms with Crippen molar-refractivity contribution in [3.8, 4) is 0 Å². The number of halogens is 1. The van der Waals surface area contributed by atoms with E-state index >= 15 is 0 Å². The minimum absolute atomic E-state index is 0. The predicted octanol–water partition coefficient (Wildman–Crippen LogP) is 3.76. The molecule has 3 rings (SSSR count). The van der Waals surface area contributed by atoms with Gasteiger partial charge in [-0.05, 0) is 50.7 Å². The van der Waals surface area contributed by atoms with Gasteiger partial charge in [0.1, 0.15) is 12.4 Å². The highest BCUT2D eigenvalue weighted by atomic mass is 127. The minimum atomic E-state index is 0. The molecule has 7 nitrogen and oxygen atoms in total. The fourth-order valence-corrected chi connectivity index (χ4v) is 4.31. The van der Waals surface area contributed by atoms with E-state index in [-0.39, 0.29) is 24.0 Å². The molecule has 2 N–H and O–H groups in total. The number of thioether (sulfide) groups is 1. The SMILES string of the molecule is CSCCCNC(=NCc1nnc(C)n1C)NC1CCN(C(C)c2ccccc2)CC1.I. The average Bonchev–Trinajstić information content (AvgIpc) is 3.13. The Morgan fingerprint density at radius 3 is 2.56 bits per heavy atom. The van der Waals surface area contributed by atoms with Crippen LogP contribution in [0.3, 0.4) is 0 Å². The third-order valence-electron chi connectivity index (χ3n) is 6.08. The van der Waals surface area contributed by atoms with Gasteiger partial charge in [-0.15, -0.1) is 34.2 Å². The molecule has 1 atom stereocenters. The van der Waals surface area contributed by atoms with Gasteiger partial charge in [-0.1, -0.05) is 30.3 Å². The Labute approximate surface area is 214 Å². The van der Waals surface area contributed by atoms with E-state index in [1.165, 1.54) is 5.56 Å². The van der Waals surface area contributed by atoms with Crippen LogP contribution in [0.5, 0.6) is 0 Å². The van der Waals surface area contributed by atoms with Gasteiger partial charge < -0.3 is 15.2 Å². The number of likely N-dealkylation sites (tertiary alicyclic amines) is 1. The Balaban J connectivity index is 0.00000363. The van der Waals surface area contributed by atoms with Crippen molar-refractivity contribution in [3.05, 3.63) is 47.5 Å². The number of nitrogens with zero attached hydrogens (tertiary/aromatic N) is 5. The molecular formula is C23H38IN7S. The molecule has 1 aromatic carbocycles. The van der Waals surface area contributed by atoms with Crippen molar-refractivity contribution in [2.24, 2.45) is 12.0 Å². The van der Waals surface area contributed by atoms with Gasteiger partial charge in [0.25, 0.3) is 0 Å². The zero-order chi connectivity index (χ0) is 22.1. The highest BCUT2D eigenvalue weighted by Gasteiger charge is 2.24. The largest absolute Gasteiger partial charge is 0.356 e. The maximum atomic E-state index is 4.81. The van der Waals surface area contributed by atoms with Crippen molar-refractivity contribution in [1.29, 1.82) is 0 Å². The summed E-state index contributed by atoms with van der Waals surface area (Å²) in [6, 6.07) is 11.7. The summed E-state index contributed by atoms with van der Waals surface area (Å²) in [6.07, 6.45) is 5.50. The monoisotopic (exact) mass is 571 g/mol. The number of aromatic nitrogens is 3. The first kappa shape index (κ1) is 26.9. The predicted molar refractivity (Wildman–Crippen MR) is 146 cm³/mol. The van der Waals surface area contributed by atoms with E-state index in [1.807, 2.05) is 30.3 Å². The second kappa shape index (κ2) is 14.0. The van der Waals surface area contributed by atoms with Gasteiger partial charge in [0.2, 0.25) is 0 Å². The Kier molecular flexibility index (Phi) is 11.8. The van der Waals surface area contributed by atoms with Gasteiger partial charge in [0.15, 0.2) is 11.8 Å². The molecule has 0 radical (unpaired) electrons. The quantitative estimate of drug-likeness (QED) is 0.207. The molecule has 1 fully saturated rings. The van der Waals surface area contributed by atoms with Gasteiger partial charge in [-0.3, -0.25) is 4.90 Å². The van der Waals surface area contributed by atoms with Crippen molar-refractivity contribution in [2.75, 3.05) is 31.6 Å². The van der Waals surface area contributed by atoms with Crippen LogP contribution in [0.4, 0.5) is 0 Å². The van der Waals surface area contributed by atoms with Crippen LogP contribution in [-0.2, 0) is 13.6 Å². The number of nitrogens with one attached hydrogen (secondary N) is 2. The van der Waals surface area contributed by atoms with Crippen LogP contribution in [0.1, 0.15) is 49.4 Å². The Morgan fingerprint density at radius 2 is 1.94 bits per heavy atom. The maximum Gasteiger partial charge on any atom is 0.191 e. The number of benzene rings is 1. The molecule has 178 valence electrons. The molecule has 2 aromatic rings. The Morgan fingerprint density at radius 1 is 1.22 bits per heavy atom. The first-order valence-electron chi connectivity index (χ1n) is 11.3. The average molecular weight is 572 g/mol. The maximum absolute atomic E-state index is 4.81. The second-order valence-electron chi connectivity index (χ2n) is 8.20. The lowest BCUT2D eigenvalue weighted by Gasteiger charge is -2.37. The summed E-state index contributed by atoms with van der Waals surface area (Å²) >= 11 is 1.88. The van der Waals surface area contributed by atoms with Crippen molar-refractivity contribution < 1.29 is 0 Å². The number of guanidine groups is 1. The molecule has 2 heterocycles. The molecular weight excluding hydrogens is 533 g/mol. The summed E-state index contributed by atoms with van der Waals surface area (Å²) in [5.41, 5.74) is 1.39. The van der Waals surface area contributed by atoms with E-state index in [4.69, 9.17) is 4.99 Å². The number of rotatable bonds is 9. The number of aliphatic imine (C=N–C) groups is 1. The van der Waals surface area contributed by atoms with Gasteiger partial charge in [-0.25, -0.2) is 4.99 Å². The van der Waals surface area contributed by atoms with E-state index in [1.54, 1.807) is 0 Å². The van der Waals surface area contributed by atoms with Gasteiger partial charge >= 0.3 is 0 Å². The highest BCUT2D eigenvalue weighted by molar-refractivity contribution is 14.0. The highest BCUT2D eigenvalue weighted by Crippen LogP contribution is 2.24. The molecule has 0 saturated carbocycles. The second-order valence-corrected chi connectivity index (χ2v) is 9.19. The van der Waals surface area contributed by atoms with Gasteiger partial charge in [-0.2, -0.15) is 11.8 Å². The smallest absolute Gasteiger partial charge is 0.191 e. The molecule has 0 bridgehead atoms. The zero-order valence-corrected chi connectivity index (χ0v) is 22.9. The van der Waals surface area contributed by atoms with E-state index in [0.29, 0.717) is 18.6 Å². The van der Waals surface area contributed by atoms with E-state index in [0.717, 1.165) is 62.3 Å². The third-order valence-corrected chi connectivity index (χ3v) is 6.78. The first-order valence-corrected chi connectivity index (χ1v) is 12.7. The summed E-state index contributed by atoms with van der Waals surface area (Å²) in [4.78, 5) is 7.39. The van der Waals surface area contributed by atoms with Crippen LogP contribution in [0.25, 0.3) is 0 Å². The molecule has 1 aromatic heterocycles. The topological polar surface area (TPSA) is 70.4 Å². The number of aryl methyl sites for hydroxylation is 1. The van der Waals surface area contributed by atoms with Crippen LogP contribution in [0.2, 0.25) is 0 Å². The molecule has 1 aliphatic rings. The van der Waals surface area contributed by atoms with Crippen LogP contribution in [0.15, 0.2) is 35.3 Å². The summed E-state index contributed by atoms with van der Waals surface area (Å²) in [7, 11) is 1.99. The number of hydrogen-bond acceptors (Lipinski definition) is 5. The van der Waals surface area contributed by atoms with Crippen molar-refractivity contribution in [3.63, 3.8) is 0 Å². The fourth-order valence-electron chi connectivity index (χ4n) is 3.88. The van der Waals surface area contributed by atoms with Crippen molar-refractivity contribution in [2.45, 2.75) is 51.7 Å².